The minimum Gasteiger partial charge on any atom is -0.457 e. The smallest absolute Gasteiger partial charge is 0.233 e. The Hall–Kier alpha value is -2.09. The Labute approximate surface area is 94.5 Å². The summed E-state index contributed by atoms with van der Waals surface area (Å²) in [4.78, 5) is 10.5. The first-order valence-corrected chi connectivity index (χ1v) is 5.01. The first kappa shape index (κ1) is 10.4. The van der Waals surface area contributed by atoms with Gasteiger partial charge in [-0.3, -0.25) is 4.79 Å². The van der Waals surface area contributed by atoms with Gasteiger partial charge in [-0.15, -0.1) is 0 Å². The highest BCUT2D eigenvalue weighted by atomic mass is 16.5. The van der Waals surface area contributed by atoms with E-state index in [4.69, 9.17) is 4.74 Å². The van der Waals surface area contributed by atoms with Crippen LogP contribution in [0.25, 0.3) is 0 Å². The highest BCUT2D eigenvalue weighted by molar-refractivity contribution is 5.75. The van der Waals surface area contributed by atoms with E-state index in [0.29, 0.717) is 11.3 Å². The highest BCUT2D eigenvalue weighted by Gasteiger charge is 1.98. The molecule has 0 N–H and O–H groups in total. The maximum absolute atomic E-state index is 10.5. The maximum atomic E-state index is 10.5. The number of hydrogen-bond donors (Lipinski definition) is 0. The van der Waals surface area contributed by atoms with Gasteiger partial charge in [-0.2, -0.15) is 0 Å². The van der Waals surface area contributed by atoms with Crippen LogP contribution < -0.4 is 4.74 Å². The summed E-state index contributed by atoms with van der Waals surface area (Å²) in [5, 5.41) is 0. The van der Waals surface area contributed by atoms with E-state index in [1.54, 1.807) is 18.2 Å². The monoisotopic (exact) mass is 211 g/mol. The van der Waals surface area contributed by atoms with Crippen LogP contribution in [0, 0.1) is 6.92 Å². The van der Waals surface area contributed by atoms with Crippen molar-refractivity contribution in [3.8, 4) is 11.5 Å². The van der Waals surface area contributed by atoms with Crippen molar-refractivity contribution in [3.05, 3.63) is 59.7 Å². The molecular weight excluding hydrogens is 200 g/mol. The third kappa shape index (κ3) is 2.48. The normalized spacial score (nSPS) is 9.81. The van der Waals surface area contributed by atoms with Gasteiger partial charge in [0.1, 0.15) is 11.5 Å². The van der Waals surface area contributed by atoms with Crippen LogP contribution in [-0.2, 0) is 4.79 Å². The molecule has 1 radical (unpaired) electrons. The molecule has 0 fully saturated rings. The molecule has 2 rings (SSSR count). The van der Waals surface area contributed by atoms with Crippen LogP contribution in [0.3, 0.4) is 0 Å². The van der Waals surface area contributed by atoms with Gasteiger partial charge in [-0.1, -0.05) is 24.3 Å². The summed E-state index contributed by atoms with van der Waals surface area (Å²) in [5.41, 5.74) is 1.63. The zero-order chi connectivity index (χ0) is 11.4. The number of carbonyl (C=O) groups excluding carboxylic acids is 1. The third-order valence-electron chi connectivity index (χ3n) is 2.18. The zero-order valence-electron chi connectivity index (χ0n) is 8.94. The van der Waals surface area contributed by atoms with Crippen LogP contribution in [0.1, 0.15) is 11.1 Å². The molecule has 0 aromatic heterocycles. The number of benzene rings is 2. The van der Waals surface area contributed by atoms with Crippen molar-refractivity contribution >= 4 is 6.29 Å². The van der Waals surface area contributed by atoms with Crippen molar-refractivity contribution in [2.45, 2.75) is 6.92 Å². The molecular formula is C14H11O2. The van der Waals surface area contributed by atoms with E-state index in [2.05, 4.69) is 0 Å². The molecule has 0 amide bonds. The summed E-state index contributed by atoms with van der Waals surface area (Å²) >= 11 is 0. The molecule has 0 aliphatic heterocycles. The largest absolute Gasteiger partial charge is 0.457 e. The lowest BCUT2D eigenvalue weighted by Gasteiger charge is -2.06. The lowest BCUT2D eigenvalue weighted by Crippen LogP contribution is -1.86. The predicted molar refractivity (Wildman–Crippen MR) is 62.5 cm³/mol. The summed E-state index contributed by atoms with van der Waals surface area (Å²) in [6.07, 6.45) is 1.83. The van der Waals surface area contributed by atoms with Gasteiger partial charge in [0.2, 0.25) is 6.29 Å². The molecule has 0 saturated heterocycles. The minimum absolute atomic E-state index is 0.491. The van der Waals surface area contributed by atoms with Gasteiger partial charge < -0.3 is 4.74 Å². The summed E-state index contributed by atoms with van der Waals surface area (Å²) < 4.78 is 5.62. The molecule has 79 valence electrons. The van der Waals surface area contributed by atoms with Crippen molar-refractivity contribution in [2.75, 3.05) is 0 Å². The van der Waals surface area contributed by atoms with E-state index in [1.807, 2.05) is 43.5 Å². The summed E-state index contributed by atoms with van der Waals surface area (Å²) in [5.74, 6) is 1.41. The number of aryl methyl sites for hydroxylation is 1. The zero-order valence-corrected chi connectivity index (χ0v) is 8.94. The second-order valence-electron chi connectivity index (χ2n) is 3.55. The Balaban J connectivity index is 2.23. The molecule has 0 spiro atoms. The van der Waals surface area contributed by atoms with Gasteiger partial charge in [-0.25, -0.2) is 0 Å². The van der Waals surface area contributed by atoms with Gasteiger partial charge in [0, 0.05) is 5.56 Å². The molecule has 0 heterocycles. The summed E-state index contributed by atoms with van der Waals surface area (Å²) in [6, 6.07) is 14.7. The second-order valence-corrected chi connectivity index (χ2v) is 3.55. The predicted octanol–water partition coefficient (Wildman–Crippen LogP) is 3.25. The molecule has 0 bridgehead atoms. The molecule has 2 aromatic carbocycles. The van der Waals surface area contributed by atoms with Gasteiger partial charge >= 0.3 is 0 Å². The Bertz CT molecular complexity index is 504. The van der Waals surface area contributed by atoms with Gasteiger partial charge in [0.15, 0.2) is 0 Å². The van der Waals surface area contributed by atoms with E-state index < -0.39 is 0 Å². The fraction of sp³-hybridized carbons (Fsp3) is 0.0714. The Morgan fingerprint density at radius 1 is 1.00 bits per heavy atom. The van der Waals surface area contributed by atoms with Gasteiger partial charge in [-0.05, 0) is 36.8 Å². The SMILES string of the molecule is Cc1cccc(Oc2cccc([C]=O)c2)c1. The fourth-order valence-corrected chi connectivity index (χ4v) is 1.44. The quantitative estimate of drug-likeness (QED) is 0.779. The first-order chi connectivity index (χ1) is 7.78. The molecule has 16 heavy (non-hydrogen) atoms. The molecule has 0 unspecified atom stereocenters. The summed E-state index contributed by atoms with van der Waals surface area (Å²) in [7, 11) is 0. The van der Waals surface area contributed by atoms with Gasteiger partial charge in [0.05, 0.1) is 0 Å². The van der Waals surface area contributed by atoms with Crippen LogP contribution >= 0.6 is 0 Å². The first-order valence-electron chi connectivity index (χ1n) is 5.01. The van der Waals surface area contributed by atoms with Crippen molar-refractivity contribution in [1.82, 2.24) is 0 Å². The topological polar surface area (TPSA) is 26.3 Å². The van der Waals surface area contributed by atoms with Gasteiger partial charge in [0.25, 0.3) is 0 Å². The molecule has 0 saturated carbocycles. The average Bonchev–Trinajstić information content (AvgIpc) is 2.29. The van der Waals surface area contributed by atoms with E-state index in [0.717, 1.165) is 11.3 Å². The molecule has 0 atom stereocenters. The third-order valence-corrected chi connectivity index (χ3v) is 2.18. The van der Waals surface area contributed by atoms with Crippen LogP contribution in [-0.4, -0.2) is 6.29 Å². The lowest BCUT2D eigenvalue weighted by molar-refractivity contribution is 0.482. The Kier molecular flexibility index (Phi) is 3.01. The average molecular weight is 211 g/mol. The summed E-state index contributed by atoms with van der Waals surface area (Å²) in [6.45, 7) is 2.00. The fourth-order valence-electron chi connectivity index (χ4n) is 1.44. The molecule has 0 aliphatic carbocycles. The number of hydrogen-bond acceptors (Lipinski definition) is 2. The highest BCUT2D eigenvalue weighted by Crippen LogP contribution is 2.22. The molecule has 2 nitrogen and oxygen atoms in total. The van der Waals surface area contributed by atoms with E-state index in [-0.39, 0.29) is 0 Å². The molecule has 2 heteroatoms. The second kappa shape index (κ2) is 4.62. The van der Waals surface area contributed by atoms with E-state index in [1.165, 1.54) is 0 Å². The van der Waals surface area contributed by atoms with Crippen LogP contribution in [0.2, 0.25) is 0 Å². The van der Waals surface area contributed by atoms with Crippen LogP contribution in [0.5, 0.6) is 11.5 Å². The Morgan fingerprint density at radius 3 is 2.38 bits per heavy atom. The molecule has 0 aliphatic rings. The minimum atomic E-state index is 0.491. The Morgan fingerprint density at radius 2 is 1.69 bits per heavy atom. The number of ether oxygens (including phenoxy) is 1. The maximum Gasteiger partial charge on any atom is 0.233 e. The van der Waals surface area contributed by atoms with Crippen LogP contribution in [0.15, 0.2) is 48.5 Å². The molecule has 2 aromatic rings. The van der Waals surface area contributed by atoms with Crippen LogP contribution in [0.4, 0.5) is 0 Å². The van der Waals surface area contributed by atoms with Crippen molar-refractivity contribution in [2.24, 2.45) is 0 Å². The van der Waals surface area contributed by atoms with Crippen molar-refractivity contribution < 1.29 is 9.53 Å². The standard InChI is InChI=1S/C14H11O2/c1-11-4-2-6-13(8-11)16-14-7-3-5-12(9-14)10-15/h2-9H,1H3. The lowest BCUT2D eigenvalue weighted by atomic mass is 10.2. The van der Waals surface area contributed by atoms with Crippen molar-refractivity contribution in [3.63, 3.8) is 0 Å². The van der Waals surface area contributed by atoms with E-state index in [9.17, 15) is 4.79 Å². The van der Waals surface area contributed by atoms with E-state index >= 15 is 0 Å². The number of rotatable bonds is 3. The van der Waals surface area contributed by atoms with Crippen molar-refractivity contribution in [1.29, 1.82) is 0 Å².